The van der Waals surface area contributed by atoms with Crippen LogP contribution in [0.25, 0.3) is 5.65 Å². The van der Waals surface area contributed by atoms with Crippen LogP contribution in [0.5, 0.6) is 0 Å². The van der Waals surface area contributed by atoms with Crippen LogP contribution >= 0.6 is 11.6 Å². The Balaban J connectivity index is 2.79. The molecule has 0 aliphatic carbocycles. The van der Waals surface area contributed by atoms with Crippen molar-refractivity contribution >= 4 is 29.0 Å². The Morgan fingerprint density at radius 3 is 2.93 bits per heavy atom. The molecule has 4 N–H and O–H groups in total. The molecule has 0 fully saturated rings. The van der Waals surface area contributed by atoms with Gasteiger partial charge in [0.05, 0.1) is 0 Å². The van der Waals surface area contributed by atoms with Gasteiger partial charge in [0.2, 0.25) is 0 Å². The van der Waals surface area contributed by atoms with E-state index in [0.29, 0.717) is 10.7 Å². The van der Waals surface area contributed by atoms with E-state index < -0.39 is 5.91 Å². The van der Waals surface area contributed by atoms with Crippen LogP contribution in [0.2, 0.25) is 5.02 Å². The monoisotopic (exact) mass is 210 g/mol. The third-order valence-electron chi connectivity index (χ3n) is 1.86. The van der Waals surface area contributed by atoms with Crippen LogP contribution in [0.1, 0.15) is 10.5 Å². The van der Waals surface area contributed by atoms with Crippen molar-refractivity contribution < 1.29 is 4.79 Å². The number of anilines is 1. The van der Waals surface area contributed by atoms with E-state index in [1.54, 1.807) is 22.7 Å². The number of nitrogen functional groups attached to an aromatic ring is 1. The van der Waals surface area contributed by atoms with Gasteiger partial charge in [0.25, 0.3) is 5.91 Å². The second kappa shape index (κ2) is 2.88. The summed E-state index contributed by atoms with van der Waals surface area (Å²) >= 11 is 5.75. The van der Waals surface area contributed by atoms with E-state index in [0.717, 1.165) is 0 Å². The number of hydrogen-bond donors (Lipinski definition) is 2. The highest BCUT2D eigenvalue weighted by molar-refractivity contribution is 6.30. The lowest BCUT2D eigenvalue weighted by Crippen LogP contribution is -2.13. The fourth-order valence-electron chi connectivity index (χ4n) is 1.22. The number of nitrogens with two attached hydrogens (primary N) is 2. The second-order valence-electron chi connectivity index (χ2n) is 2.78. The Hall–Kier alpha value is -1.75. The minimum absolute atomic E-state index is 0.0623. The number of nitrogens with zero attached hydrogens (tertiary/aromatic N) is 2. The molecule has 2 aromatic rings. The summed E-state index contributed by atoms with van der Waals surface area (Å²) in [7, 11) is 0. The number of pyridine rings is 1. The molecule has 5 nitrogen and oxygen atoms in total. The molecule has 2 aromatic heterocycles. The first-order valence-electron chi connectivity index (χ1n) is 3.82. The molecule has 0 aromatic carbocycles. The molecular weight excluding hydrogens is 204 g/mol. The molecule has 0 saturated carbocycles. The number of carbonyl (C=O) groups excluding carboxylic acids is 1. The molecule has 0 bridgehead atoms. The summed E-state index contributed by atoms with van der Waals surface area (Å²) in [5.41, 5.74) is 11.3. The van der Waals surface area contributed by atoms with Crippen LogP contribution in [-0.4, -0.2) is 15.3 Å². The van der Waals surface area contributed by atoms with Crippen molar-refractivity contribution in [3.63, 3.8) is 0 Å². The number of aromatic nitrogens is 2. The van der Waals surface area contributed by atoms with E-state index in [4.69, 9.17) is 23.1 Å². The third-order valence-corrected chi connectivity index (χ3v) is 2.09. The van der Waals surface area contributed by atoms with Gasteiger partial charge in [-0.05, 0) is 6.07 Å². The molecule has 14 heavy (non-hydrogen) atoms. The summed E-state index contributed by atoms with van der Waals surface area (Å²) in [6.07, 6.45) is 1.63. The second-order valence-corrected chi connectivity index (χ2v) is 3.22. The Morgan fingerprint density at radius 1 is 1.57 bits per heavy atom. The molecule has 2 heterocycles. The fraction of sp³-hybridized carbons (Fsp3) is 0. The van der Waals surface area contributed by atoms with E-state index >= 15 is 0 Å². The van der Waals surface area contributed by atoms with Gasteiger partial charge in [-0.2, -0.15) is 0 Å². The highest BCUT2D eigenvalue weighted by Gasteiger charge is 2.13. The van der Waals surface area contributed by atoms with Crippen molar-refractivity contribution in [1.29, 1.82) is 0 Å². The molecule has 2 rings (SSSR count). The number of rotatable bonds is 1. The minimum Gasteiger partial charge on any atom is -0.383 e. The smallest absolute Gasteiger partial charge is 0.271 e. The maximum atomic E-state index is 10.9. The van der Waals surface area contributed by atoms with Gasteiger partial charge in [0.1, 0.15) is 11.5 Å². The summed E-state index contributed by atoms with van der Waals surface area (Å²) in [6, 6.07) is 3.25. The average molecular weight is 211 g/mol. The van der Waals surface area contributed by atoms with Gasteiger partial charge in [0, 0.05) is 17.3 Å². The summed E-state index contributed by atoms with van der Waals surface area (Å²) in [5.74, 6) is -0.425. The van der Waals surface area contributed by atoms with Crippen molar-refractivity contribution in [2.45, 2.75) is 0 Å². The van der Waals surface area contributed by atoms with Crippen LogP contribution in [0.3, 0.4) is 0 Å². The third kappa shape index (κ3) is 1.18. The molecule has 0 spiro atoms. The number of imidazole rings is 1. The van der Waals surface area contributed by atoms with Gasteiger partial charge in [-0.15, -0.1) is 0 Å². The first-order chi connectivity index (χ1) is 6.59. The molecule has 6 heteroatoms. The molecule has 0 aliphatic heterocycles. The molecule has 0 unspecified atom stereocenters. The summed E-state index contributed by atoms with van der Waals surface area (Å²) in [5, 5.41) is 0.526. The van der Waals surface area contributed by atoms with Crippen LogP contribution in [0, 0.1) is 0 Å². The standard InChI is InChI=1S/C8H7ClN4O/c9-4-1-2-13-5(3-4)12-6(7(13)10)8(11)14/h1-3H,10H2,(H2,11,14). The van der Waals surface area contributed by atoms with Gasteiger partial charge in [-0.3, -0.25) is 9.20 Å². The molecule has 0 radical (unpaired) electrons. The van der Waals surface area contributed by atoms with Gasteiger partial charge >= 0.3 is 0 Å². The highest BCUT2D eigenvalue weighted by atomic mass is 35.5. The summed E-state index contributed by atoms with van der Waals surface area (Å²) in [6.45, 7) is 0. The maximum absolute atomic E-state index is 10.9. The number of hydrogen-bond acceptors (Lipinski definition) is 3. The van der Waals surface area contributed by atoms with Crippen LogP contribution < -0.4 is 11.5 Å². The van der Waals surface area contributed by atoms with Crippen LogP contribution in [-0.2, 0) is 0 Å². The summed E-state index contributed by atoms with van der Waals surface area (Å²) in [4.78, 5) is 14.9. The van der Waals surface area contributed by atoms with Crippen molar-refractivity contribution in [2.24, 2.45) is 5.73 Å². The van der Waals surface area contributed by atoms with E-state index in [1.165, 1.54) is 0 Å². The molecule has 0 atom stereocenters. The predicted molar refractivity (Wildman–Crippen MR) is 53.1 cm³/mol. The molecule has 0 aliphatic rings. The van der Waals surface area contributed by atoms with Crippen LogP contribution in [0.4, 0.5) is 5.82 Å². The lowest BCUT2D eigenvalue weighted by Gasteiger charge is -1.95. The average Bonchev–Trinajstić information content (AvgIpc) is 2.43. The fourth-order valence-corrected chi connectivity index (χ4v) is 1.37. The van der Waals surface area contributed by atoms with Crippen molar-refractivity contribution in [3.05, 3.63) is 29.0 Å². The first kappa shape index (κ1) is 8.83. The Labute approximate surface area is 84.3 Å². The largest absolute Gasteiger partial charge is 0.383 e. The number of amides is 1. The molecule has 0 saturated heterocycles. The normalized spacial score (nSPS) is 10.6. The van der Waals surface area contributed by atoms with E-state index in [-0.39, 0.29) is 11.5 Å². The molecular formula is C8H7ClN4O. The predicted octanol–water partition coefficient (Wildman–Crippen LogP) is 0.669. The van der Waals surface area contributed by atoms with Gasteiger partial charge in [-0.1, -0.05) is 11.6 Å². The molecule has 1 amide bonds. The summed E-state index contributed by atoms with van der Waals surface area (Å²) < 4.78 is 1.55. The topological polar surface area (TPSA) is 86.4 Å². The number of fused-ring (bicyclic) bond motifs is 1. The lowest BCUT2D eigenvalue weighted by atomic mass is 10.4. The Bertz CT molecular complexity index is 519. The zero-order valence-electron chi connectivity index (χ0n) is 7.07. The quantitative estimate of drug-likeness (QED) is 0.725. The zero-order valence-corrected chi connectivity index (χ0v) is 7.82. The van der Waals surface area contributed by atoms with Gasteiger partial charge < -0.3 is 11.5 Å². The van der Waals surface area contributed by atoms with Crippen molar-refractivity contribution in [1.82, 2.24) is 9.38 Å². The first-order valence-corrected chi connectivity index (χ1v) is 4.20. The van der Waals surface area contributed by atoms with Crippen molar-refractivity contribution in [2.75, 3.05) is 5.73 Å². The van der Waals surface area contributed by atoms with Gasteiger partial charge in [0.15, 0.2) is 5.69 Å². The van der Waals surface area contributed by atoms with E-state index in [1.807, 2.05) is 0 Å². The number of primary amides is 1. The zero-order chi connectivity index (χ0) is 10.3. The van der Waals surface area contributed by atoms with Crippen LogP contribution in [0.15, 0.2) is 18.3 Å². The van der Waals surface area contributed by atoms with E-state index in [2.05, 4.69) is 4.98 Å². The van der Waals surface area contributed by atoms with Gasteiger partial charge in [-0.25, -0.2) is 4.98 Å². The Kier molecular flexibility index (Phi) is 1.82. The van der Waals surface area contributed by atoms with Crippen molar-refractivity contribution in [3.8, 4) is 0 Å². The lowest BCUT2D eigenvalue weighted by molar-refractivity contribution is 0.0997. The SMILES string of the molecule is NC(=O)c1nc2cc(Cl)ccn2c1N. The number of carbonyl (C=O) groups is 1. The molecule has 72 valence electrons. The number of halogens is 1. The maximum Gasteiger partial charge on any atom is 0.271 e. The van der Waals surface area contributed by atoms with E-state index in [9.17, 15) is 4.79 Å². The highest BCUT2D eigenvalue weighted by Crippen LogP contribution is 2.17. The minimum atomic E-state index is -0.651. The Morgan fingerprint density at radius 2 is 2.29 bits per heavy atom.